The van der Waals surface area contributed by atoms with E-state index in [2.05, 4.69) is 9.47 Å². The molecule has 0 saturated heterocycles. The van der Waals surface area contributed by atoms with Crippen LogP contribution in [0.5, 0.6) is 17.2 Å². The van der Waals surface area contributed by atoms with Gasteiger partial charge in [0.25, 0.3) is 0 Å². The van der Waals surface area contributed by atoms with E-state index in [4.69, 9.17) is 18.9 Å². The van der Waals surface area contributed by atoms with E-state index in [0.29, 0.717) is 18.8 Å². The summed E-state index contributed by atoms with van der Waals surface area (Å²) < 4.78 is 28.7. The summed E-state index contributed by atoms with van der Waals surface area (Å²) in [6.07, 6.45) is 0.500. The largest absolute Gasteiger partial charge is 0.507 e. The highest BCUT2D eigenvalue weighted by atomic mass is 16.7. The minimum atomic E-state index is -0.222. The number of carbonyl (C=O) groups is 1. The van der Waals surface area contributed by atoms with Gasteiger partial charge in [0.05, 0.1) is 5.56 Å². The number of carbonyl (C=O) groups excluding carboxylic acids is 1. The smallest absolute Gasteiger partial charge is 0.188 e. The first-order chi connectivity index (χ1) is 10.6. The van der Waals surface area contributed by atoms with Gasteiger partial charge in [-0.1, -0.05) is 0 Å². The van der Waals surface area contributed by atoms with Crippen molar-refractivity contribution in [3.63, 3.8) is 0 Å². The summed E-state index contributed by atoms with van der Waals surface area (Å²) in [5.41, 5.74) is 0.0480. The highest BCUT2D eigenvalue weighted by molar-refractivity contribution is 5.84. The van der Waals surface area contributed by atoms with Gasteiger partial charge in [-0.25, -0.2) is 0 Å². The maximum Gasteiger partial charge on any atom is 0.188 e. The molecule has 0 spiro atoms. The zero-order chi connectivity index (χ0) is 16.8. The van der Waals surface area contributed by atoms with E-state index in [0.717, 1.165) is 0 Å². The van der Waals surface area contributed by atoms with Crippen LogP contribution in [0.25, 0.3) is 0 Å². The second kappa shape index (κ2) is 12.8. The monoisotopic (exact) mass is 318 g/mol. The third kappa shape index (κ3) is 7.79. The molecular weight excluding hydrogens is 296 g/mol. The lowest BCUT2D eigenvalue weighted by molar-refractivity contribution is -0.00272. The van der Waals surface area contributed by atoms with Crippen molar-refractivity contribution in [2.45, 2.75) is 0 Å². The molecule has 1 aromatic carbocycles. The van der Waals surface area contributed by atoms with E-state index < -0.39 is 0 Å². The Morgan fingerprint density at radius 3 is 1.91 bits per heavy atom. The van der Waals surface area contributed by atoms with Gasteiger partial charge < -0.3 is 33.5 Å². The van der Waals surface area contributed by atoms with Crippen LogP contribution in [0.4, 0.5) is 0 Å². The van der Waals surface area contributed by atoms with Crippen LogP contribution in [0.15, 0.2) is 12.1 Å². The molecule has 0 aromatic heterocycles. The van der Waals surface area contributed by atoms with Crippen LogP contribution in [0.2, 0.25) is 0 Å². The molecule has 8 nitrogen and oxygen atoms in total. The Kier molecular flexibility index (Phi) is 11.7. The van der Waals surface area contributed by atoms with Crippen LogP contribution in [0.1, 0.15) is 10.4 Å². The molecule has 1 rings (SSSR count). The van der Waals surface area contributed by atoms with E-state index in [-0.39, 0.29) is 30.6 Å². The lowest BCUT2D eigenvalue weighted by Gasteiger charge is -2.11. The molecule has 8 heteroatoms. The fraction of sp³-hybridized carbons (Fsp3) is 0.500. The van der Waals surface area contributed by atoms with Gasteiger partial charge in [-0.15, -0.1) is 0 Å². The molecule has 0 atom stereocenters. The fourth-order valence-corrected chi connectivity index (χ4v) is 1.28. The lowest BCUT2D eigenvalue weighted by atomic mass is 10.2. The van der Waals surface area contributed by atoms with Crippen molar-refractivity contribution < 1.29 is 38.3 Å². The summed E-state index contributed by atoms with van der Waals surface area (Å²) in [6, 6.07) is 2.78. The van der Waals surface area contributed by atoms with E-state index in [1.54, 1.807) is 14.2 Å². The number of aldehydes is 1. The van der Waals surface area contributed by atoms with Crippen LogP contribution in [0.3, 0.4) is 0 Å². The minimum absolute atomic E-state index is 0.0313. The van der Waals surface area contributed by atoms with Crippen LogP contribution in [-0.4, -0.2) is 60.2 Å². The summed E-state index contributed by atoms with van der Waals surface area (Å²) in [7, 11) is 6.10. The Morgan fingerprint density at radius 2 is 1.45 bits per heavy atom. The number of methoxy groups -OCH3 is 4. The fourth-order valence-electron chi connectivity index (χ4n) is 1.28. The summed E-state index contributed by atoms with van der Waals surface area (Å²) >= 11 is 0. The molecule has 0 fully saturated rings. The topological polar surface area (TPSA) is 92.7 Å². The number of phenolic OH excluding ortho intramolecular Hbond substituents is 1. The molecule has 0 heterocycles. The third-order valence-electron chi connectivity index (χ3n) is 2.12. The zero-order valence-electron chi connectivity index (χ0n) is 13.2. The summed E-state index contributed by atoms with van der Waals surface area (Å²) in [6.45, 7) is 0.387. The van der Waals surface area contributed by atoms with Crippen molar-refractivity contribution in [1.29, 1.82) is 0 Å². The molecule has 0 aliphatic rings. The third-order valence-corrected chi connectivity index (χ3v) is 2.12. The van der Waals surface area contributed by atoms with Gasteiger partial charge in [0.15, 0.2) is 19.9 Å². The molecule has 0 bridgehead atoms. The normalized spacial score (nSPS) is 9.64. The van der Waals surface area contributed by atoms with Gasteiger partial charge in [0, 0.05) is 40.6 Å². The number of aromatic hydroxyl groups is 1. The molecule has 22 heavy (non-hydrogen) atoms. The molecule has 0 radical (unpaired) electrons. The quantitative estimate of drug-likeness (QED) is 0.539. The summed E-state index contributed by atoms with van der Waals surface area (Å²) in [5, 5.41) is 9.60. The molecule has 126 valence electrons. The Hall–Kier alpha value is -1.87. The molecule has 1 aromatic rings. The summed E-state index contributed by atoms with van der Waals surface area (Å²) in [4.78, 5) is 10.8. The molecule has 0 unspecified atom stereocenters. The van der Waals surface area contributed by atoms with Gasteiger partial charge in [0.1, 0.15) is 24.0 Å². The predicted molar refractivity (Wildman–Crippen MR) is 77.4 cm³/mol. The number of rotatable bonds is 9. The average molecular weight is 318 g/mol. The van der Waals surface area contributed by atoms with E-state index in [9.17, 15) is 9.90 Å². The second-order valence-electron chi connectivity index (χ2n) is 3.77. The molecule has 0 aliphatic carbocycles. The van der Waals surface area contributed by atoms with Crippen LogP contribution in [0, 0.1) is 0 Å². The first-order valence-corrected chi connectivity index (χ1v) is 6.18. The molecule has 1 N–H and O–H groups in total. The van der Waals surface area contributed by atoms with E-state index in [1.807, 2.05) is 0 Å². The lowest BCUT2D eigenvalue weighted by Crippen LogP contribution is -2.03. The standard InChI is InChI=1S/C11H14O6.C3H8O2/c1-14-6-16-8-3-10(13)9(5-12)11(4-8)17-7-15-2;1-4-3-5-2/h3-5,13H,6-7H2,1-2H3;3H2,1-2H3. The predicted octanol–water partition coefficient (Wildman–Crippen LogP) is 1.41. The first kappa shape index (κ1) is 20.1. The van der Waals surface area contributed by atoms with Crippen molar-refractivity contribution in [2.75, 3.05) is 48.8 Å². The Balaban J connectivity index is 0.000000763. The highest BCUT2D eigenvalue weighted by Crippen LogP contribution is 2.32. The van der Waals surface area contributed by atoms with Gasteiger partial charge in [0.2, 0.25) is 0 Å². The van der Waals surface area contributed by atoms with Crippen LogP contribution >= 0.6 is 0 Å². The average Bonchev–Trinajstić information content (AvgIpc) is 2.52. The van der Waals surface area contributed by atoms with Gasteiger partial charge >= 0.3 is 0 Å². The number of benzene rings is 1. The van der Waals surface area contributed by atoms with Crippen LogP contribution in [-0.2, 0) is 18.9 Å². The van der Waals surface area contributed by atoms with E-state index in [1.165, 1.54) is 26.4 Å². The molecule has 0 aliphatic heterocycles. The number of phenols is 1. The molecule has 0 amide bonds. The van der Waals surface area contributed by atoms with Crippen LogP contribution < -0.4 is 9.47 Å². The maximum absolute atomic E-state index is 10.8. The number of ether oxygens (including phenoxy) is 6. The highest BCUT2D eigenvalue weighted by Gasteiger charge is 2.12. The van der Waals surface area contributed by atoms with Gasteiger partial charge in [-0.2, -0.15) is 0 Å². The van der Waals surface area contributed by atoms with Gasteiger partial charge in [-0.05, 0) is 0 Å². The van der Waals surface area contributed by atoms with Crippen molar-refractivity contribution in [3.8, 4) is 17.2 Å². The summed E-state index contributed by atoms with van der Waals surface area (Å²) in [5.74, 6) is 0.300. The minimum Gasteiger partial charge on any atom is -0.507 e. The number of hydrogen-bond acceptors (Lipinski definition) is 8. The molecular formula is C14H22O8. The number of hydrogen-bond donors (Lipinski definition) is 1. The Morgan fingerprint density at radius 1 is 0.909 bits per heavy atom. The van der Waals surface area contributed by atoms with E-state index >= 15 is 0 Å². The molecule has 0 saturated carbocycles. The second-order valence-corrected chi connectivity index (χ2v) is 3.77. The Bertz CT molecular complexity index is 420. The SMILES string of the molecule is COCOC.COCOc1cc(O)c(C=O)c(OCOC)c1. The zero-order valence-corrected chi connectivity index (χ0v) is 13.2. The van der Waals surface area contributed by atoms with Crippen molar-refractivity contribution in [2.24, 2.45) is 0 Å². The Labute approximate surface area is 129 Å². The van der Waals surface area contributed by atoms with Crippen molar-refractivity contribution in [3.05, 3.63) is 17.7 Å². The maximum atomic E-state index is 10.8. The van der Waals surface area contributed by atoms with Crippen molar-refractivity contribution in [1.82, 2.24) is 0 Å². The van der Waals surface area contributed by atoms with Crippen molar-refractivity contribution >= 4 is 6.29 Å². The van der Waals surface area contributed by atoms with Gasteiger partial charge in [-0.3, -0.25) is 4.79 Å². The first-order valence-electron chi connectivity index (χ1n) is 6.18.